The van der Waals surface area contributed by atoms with Crippen molar-refractivity contribution in [3.05, 3.63) is 62.6 Å². The van der Waals surface area contributed by atoms with Gasteiger partial charge in [-0.25, -0.2) is 4.98 Å². The third-order valence-corrected chi connectivity index (χ3v) is 4.80. The van der Waals surface area contributed by atoms with Crippen LogP contribution in [0.3, 0.4) is 0 Å². The van der Waals surface area contributed by atoms with Crippen molar-refractivity contribution >= 4 is 38.7 Å². The number of hydrogen-bond donors (Lipinski definition) is 0. The van der Waals surface area contributed by atoms with Gasteiger partial charge in [0.2, 0.25) is 0 Å². The maximum atomic E-state index is 13.0. The van der Waals surface area contributed by atoms with Crippen LogP contribution < -0.4 is 15.2 Å². The van der Waals surface area contributed by atoms with E-state index in [1.807, 2.05) is 62.3 Å². The highest BCUT2D eigenvalue weighted by atomic mass is 79.9. The fourth-order valence-electron chi connectivity index (χ4n) is 2.81. The molecule has 0 saturated carbocycles. The number of aryl methyl sites for hydroxylation is 1. The van der Waals surface area contributed by atoms with Gasteiger partial charge in [0.15, 0.2) is 6.61 Å². The van der Waals surface area contributed by atoms with E-state index < -0.39 is 0 Å². The Labute approximate surface area is 177 Å². The lowest BCUT2D eigenvalue weighted by molar-refractivity contribution is 0.367. The van der Waals surface area contributed by atoms with Crippen LogP contribution in [0.5, 0.6) is 5.75 Å². The topological polar surface area (TPSA) is 83.5 Å². The molecule has 0 aliphatic heterocycles. The monoisotopic (exact) mass is 453 g/mol. The summed E-state index contributed by atoms with van der Waals surface area (Å²) in [5, 5.41) is 13.7. The number of nitriles is 1. The first-order valence-corrected chi connectivity index (χ1v) is 9.80. The van der Waals surface area contributed by atoms with Crippen LogP contribution in [-0.4, -0.2) is 36.6 Å². The molecule has 0 unspecified atom stereocenters. The molecule has 0 radical (unpaired) electrons. The highest BCUT2D eigenvalue weighted by molar-refractivity contribution is 9.10. The number of nitrogens with zero attached hydrogens (tertiary/aromatic N) is 5. The fourth-order valence-corrected chi connectivity index (χ4v) is 3.17. The van der Waals surface area contributed by atoms with Crippen LogP contribution in [0.15, 0.2) is 50.8 Å². The van der Waals surface area contributed by atoms with Crippen molar-refractivity contribution in [2.75, 3.05) is 25.6 Å². The van der Waals surface area contributed by atoms with Crippen LogP contribution in [0.1, 0.15) is 18.3 Å². The second-order valence-electron chi connectivity index (χ2n) is 6.47. The quantitative estimate of drug-likeness (QED) is 0.532. The lowest BCUT2D eigenvalue weighted by atomic mass is 10.2. The van der Waals surface area contributed by atoms with Crippen LogP contribution in [0.4, 0.5) is 5.69 Å². The molecule has 8 heteroatoms. The average Bonchev–Trinajstić information content (AvgIpc) is 2.72. The third-order valence-electron chi connectivity index (χ3n) is 4.31. The van der Waals surface area contributed by atoms with Gasteiger partial charge in [-0.2, -0.15) is 15.0 Å². The molecule has 29 heavy (non-hydrogen) atoms. The molecule has 0 aliphatic carbocycles. The second kappa shape index (κ2) is 8.88. The minimum Gasteiger partial charge on any atom is -0.478 e. The molecule has 0 atom stereocenters. The van der Waals surface area contributed by atoms with E-state index in [0.717, 1.165) is 10.2 Å². The fraction of sp³-hybridized carbons (Fsp3) is 0.238. The van der Waals surface area contributed by atoms with Gasteiger partial charge in [0, 0.05) is 42.3 Å². The zero-order valence-corrected chi connectivity index (χ0v) is 18.0. The molecule has 0 amide bonds. The van der Waals surface area contributed by atoms with Gasteiger partial charge in [-0.3, -0.25) is 4.79 Å². The van der Waals surface area contributed by atoms with E-state index in [1.165, 1.54) is 4.68 Å². The molecule has 0 aliphatic rings. The summed E-state index contributed by atoms with van der Waals surface area (Å²) in [6, 6.07) is 13.0. The van der Waals surface area contributed by atoms with E-state index in [2.05, 4.69) is 26.0 Å². The summed E-state index contributed by atoms with van der Waals surface area (Å²) in [5.41, 5.74) is 1.98. The molecule has 3 rings (SSSR count). The largest absolute Gasteiger partial charge is 0.478 e. The zero-order chi connectivity index (χ0) is 21.0. The predicted molar refractivity (Wildman–Crippen MR) is 118 cm³/mol. The molecule has 1 aromatic heterocycles. The highest BCUT2D eigenvalue weighted by Gasteiger charge is 2.11. The summed E-state index contributed by atoms with van der Waals surface area (Å²) < 4.78 is 7.66. The molecule has 7 nitrogen and oxygen atoms in total. The zero-order valence-electron chi connectivity index (χ0n) is 16.4. The number of halogens is 1. The predicted octanol–water partition coefficient (Wildman–Crippen LogP) is 3.57. The molecule has 0 fully saturated rings. The van der Waals surface area contributed by atoms with Crippen LogP contribution in [0.2, 0.25) is 0 Å². The lowest BCUT2D eigenvalue weighted by Crippen LogP contribution is -2.22. The number of anilines is 1. The average molecular weight is 454 g/mol. The van der Waals surface area contributed by atoms with E-state index in [9.17, 15) is 4.79 Å². The van der Waals surface area contributed by atoms with Crippen molar-refractivity contribution in [2.45, 2.75) is 13.3 Å². The number of rotatable bonds is 6. The molecule has 0 N–H and O–H groups in total. The van der Waals surface area contributed by atoms with Crippen molar-refractivity contribution in [3.63, 3.8) is 0 Å². The first kappa shape index (κ1) is 20.6. The van der Waals surface area contributed by atoms with Crippen molar-refractivity contribution < 1.29 is 4.74 Å². The Morgan fingerprint density at radius 1 is 1.31 bits per heavy atom. The maximum absolute atomic E-state index is 13.0. The van der Waals surface area contributed by atoms with Crippen LogP contribution in [0.25, 0.3) is 10.9 Å². The van der Waals surface area contributed by atoms with Gasteiger partial charge in [-0.15, -0.1) is 0 Å². The highest BCUT2D eigenvalue weighted by Crippen LogP contribution is 2.24. The summed E-state index contributed by atoms with van der Waals surface area (Å²) in [4.78, 5) is 19.5. The van der Waals surface area contributed by atoms with Gasteiger partial charge in [-0.1, -0.05) is 22.9 Å². The smallest absolute Gasteiger partial charge is 0.282 e. The SMILES string of the molecule is CCc1nc2ccc(Br)cc2c(=O)n1N=Cc1ccc(N(C)C)cc1OCC#N. The van der Waals surface area contributed by atoms with Crippen LogP contribution in [0, 0.1) is 11.3 Å². The standard InChI is InChI=1S/C21H20BrN5O2/c1-4-20-25-18-8-6-15(22)11-17(18)21(28)27(20)24-13-14-5-7-16(26(2)3)12-19(14)29-10-9-23/h5-8,11-13H,4,10H2,1-3H3. The minimum absolute atomic E-state index is 0.0799. The normalized spacial score (nSPS) is 11.0. The maximum Gasteiger partial charge on any atom is 0.282 e. The Kier molecular flexibility index (Phi) is 6.29. The number of benzene rings is 2. The van der Waals surface area contributed by atoms with Crippen molar-refractivity contribution in [1.29, 1.82) is 5.26 Å². The summed E-state index contributed by atoms with van der Waals surface area (Å²) in [5.74, 6) is 1.08. The van der Waals surface area contributed by atoms with Crippen molar-refractivity contribution in [2.24, 2.45) is 5.10 Å². The van der Waals surface area contributed by atoms with Gasteiger partial charge in [-0.05, 0) is 30.3 Å². The Morgan fingerprint density at radius 3 is 2.79 bits per heavy atom. The van der Waals surface area contributed by atoms with Crippen molar-refractivity contribution in [3.8, 4) is 11.8 Å². The van der Waals surface area contributed by atoms with E-state index in [-0.39, 0.29) is 12.2 Å². The molecular weight excluding hydrogens is 434 g/mol. The molecule has 1 heterocycles. The van der Waals surface area contributed by atoms with Crippen molar-refractivity contribution in [1.82, 2.24) is 9.66 Å². The number of ether oxygens (including phenoxy) is 1. The minimum atomic E-state index is -0.242. The Balaban J connectivity index is 2.10. The van der Waals surface area contributed by atoms with Gasteiger partial charge in [0.1, 0.15) is 17.6 Å². The van der Waals surface area contributed by atoms with Gasteiger partial charge >= 0.3 is 0 Å². The molecular formula is C21H20BrN5O2. The number of fused-ring (bicyclic) bond motifs is 1. The molecule has 2 aromatic carbocycles. The summed E-state index contributed by atoms with van der Waals surface area (Å²) in [6.07, 6.45) is 2.11. The van der Waals surface area contributed by atoms with Gasteiger partial charge in [0.25, 0.3) is 5.56 Å². The Bertz CT molecular complexity index is 1180. The lowest BCUT2D eigenvalue weighted by Gasteiger charge is -2.15. The second-order valence-corrected chi connectivity index (χ2v) is 7.38. The molecule has 148 valence electrons. The van der Waals surface area contributed by atoms with E-state index in [0.29, 0.717) is 34.5 Å². The van der Waals surface area contributed by atoms with E-state index in [4.69, 9.17) is 10.00 Å². The van der Waals surface area contributed by atoms with E-state index in [1.54, 1.807) is 12.3 Å². The third kappa shape index (κ3) is 4.46. The molecule has 0 spiro atoms. The van der Waals surface area contributed by atoms with Gasteiger partial charge < -0.3 is 9.64 Å². The summed E-state index contributed by atoms with van der Waals surface area (Å²) in [6.45, 7) is 1.84. The van der Waals surface area contributed by atoms with Gasteiger partial charge in [0.05, 0.1) is 17.1 Å². The first-order chi connectivity index (χ1) is 13.9. The molecule has 3 aromatic rings. The summed E-state index contributed by atoms with van der Waals surface area (Å²) in [7, 11) is 3.84. The van der Waals surface area contributed by atoms with Crippen LogP contribution in [-0.2, 0) is 6.42 Å². The number of aromatic nitrogens is 2. The van der Waals surface area contributed by atoms with Crippen LogP contribution >= 0.6 is 15.9 Å². The molecule has 0 saturated heterocycles. The number of hydrogen-bond acceptors (Lipinski definition) is 6. The molecule has 0 bridgehead atoms. The Hall–Kier alpha value is -3.18. The summed E-state index contributed by atoms with van der Waals surface area (Å²) >= 11 is 3.39. The Morgan fingerprint density at radius 2 is 2.10 bits per heavy atom. The first-order valence-electron chi connectivity index (χ1n) is 9.01. The van der Waals surface area contributed by atoms with E-state index >= 15 is 0 Å².